The van der Waals surface area contributed by atoms with Crippen molar-refractivity contribution in [2.45, 2.75) is 37.3 Å². The van der Waals surface area contributed by atoms with Crippen molar-refractivity contribution >= 4 is 28.6 Å². The summed E-state index contributed by atoms with van der Waals surface area (Å²) in [5.74, 6) is 0.613. The second-order valence-electron chi connectivity index (χ2n) is 6.80. The van der Waals surface area contributed by atoms with Crippen LogP contribution < -0.4 is 5.56 Å². The number of nitrogens with zero attached hydrogens (tertiary/aromatic N) is 5. The fourth-order valence-electron chi connectivity index (χ4n) is 3.42. The van der Waals surface area contributed by atoms with Gasteiger partial charge >= 0.3 is 0 Å². The van der Waals surface area contributed by atoms with Crippen LogP contribution in [0.15, 0.2) is 40.5 Å². The SMILES string of the molecule is O=C(CSc1nc2ccccc2c(=O)n1-c1ncn[nH]1)N1CCCCCCC1. The lowest BCUT2D eigenvalue weighted by Gasteiger charge is -2.24. The molecule has 0 atom stereocenters. The molecule has 0 unspecified atom stereocenters. The van der Waals surface area contributed by atoms with E-state index in [1.165, 1.54) is 41.9 Å². The Morgan fingerprint density at radius 2 is 1.86 bits per heavy atom. The standard InChI is InChI=1S/C19H22N6O2S/c26-16(24-10-6-2-1-3-7-11-24)12-28-19-22-15-9-5-4-8-14(15)17(27)25(19)18-20-13-21-23-18/h4-5,8-9,13H,1-3,6-7,10-12H2,(H,20,21,23). The molecule has 9 heteroatoms. The van der Waals surface area contributed by atoms with Crippen LogP contribution in [0.5, 0.6) is 0 Å². The minimum absolute atomic E-state index is 0.0819. The van der Waals surface area contributed by atoms with Crippen molar-refractivity contribution in [2.24, 2.45) is 0 Å². The third kappa shape index (κ3) is 3.94. The number of para-hydroxylation sites is 1. The van der Waals surface area contributed by atoms with Crippen LogP contribution in [0, 0.1) is 0 Å². The summed E-state index contributed by atoms with van der Waals surface area (Å²) in [7, 11) is 0. The smallest absolute Gasteiger partial charge is 0.269 e. The molecule has 3 heterocycles. The van der Waals surface area contributed by atoms with Gasteiger partial charge in [0.25, 0.3) is 5.56 Å². The number of benzene rings is 1. The minimum atomic E-state index is -0.233. The first-order valence-corrected chi connectivity index (χ1v) is 10.5. The van der Waals surface area contributed by atoms with E-state index in [4.69, 9.17) is 0 Å². The Labute approximate surface area is 166 Å². The number of carbonyl (C=O) groups excluding carboxylic acids is 1. The molecule has 3 aromatic rings. The Hall–Kier alpha value is -2.68. The van der Waals surface area contributed by atoms with Crippen molar-refractivity contribution in [1.82, 2.24) is 29.6 Å². The van der Waals surface area contributed by atoms with Gasteiger partial charge in [0.1, 0.15) is 6.33 Å². The van der Waals surface area contributed by atoms with Crippen LogP contribution in [0.25, 0.3) is 16.9 Å². The first-order valence-electron chi connectivity index (χ1n) is 9.52. The van der Waals surface area contributed by atoms with Crippen LogP contribution in [0.3, 0.4) is 0 Å². The lowest BCUT2D eigenvalue weighted by atomic mass is 10.1. The lowest BCUT2D eigenvalue weighted by molar-refractivity contribution is -0.128. The zero-order valence-corrected chi connectivity index (χ0v) is 16.3. The van der Waals surface area contributed by atoms with Crippen LogP contribution in [-0.4, -0.2) is 54.4 Å². The van der Waals surface area contributed by atoms with Crippen LogP contribution >= 0.6 is 11.8 Å². The Kier molecular flexibility index (Phi) is 5.70. The van der Waals surface area contributed by atoms with Gasteiger partial charge in [0.2, 0.25) is 11.9 Å². The molecular weight excluding hydrogens is 376 g/mol. The van der Waals surface area contributed by atoms with Gasteiger partial charge in [0.15, 0.2) is 5.16 Å². The Morgan fingerprint density at radius 3 is 2.61 bits per heavy atom. The Balaban J connectivity index is 1.61. The normalized spacial score (nSPS) is 15.4. The van der Waals surface area contributed by atoms with Gasteiger partial charge in [0, 0.05) is 13.1 Å². The van der Waals surface area contributed by atoms with Crippen molar-refractivity contribution in [3.63, 3.8) is 0 Å². The topological polar surface area (TPSA) is 96.8 Å². The number of aromatic nitrogens is 5. The van der Waals surface area contributed by atoms with Gasteiger partial charge in [-0.15, -0.1) is 0 Å². The highest BCUT2D eigenvalue weighted by Crippen LogP contribution is 2.21. The van der Waals surface area contributed by atoms with E-state index in [9.17, 15) is 9.59 Å². The van der Waals surface area contributed by atoms with Crippen molar-refractivity contribution in [3.05, 3.63) is 40.9 Å². The number of rotatable bonds is 4. The van der Waals surface area contributed by atoms with E-state index < -0.39 is 0 Å². The number of fused-ring (bicyclic) bond motifs is 1. The maximum atomic E-state index is 13.0. The van der Waals surface area contributed by atoms with E-state index in [1.807, 2.05) is 11.0 Å². The molecule has 0 bridgehead atoms. The average Bonchev–Trinajstić information content (AvgIpc) is 3.20. The van der Waals surface area contributed by atoms with Crippen molar-refractivity contribution in [3.8, 4) is 5.95 Å². The van der Waals surface area contributed by atoms with Crippen molar-refractivity contribution < 1.29 is 4.79 Å². The molecule has 1 aliphatic heterocycles. The highest BCUT2D eigenvalue weighted by molar-refractivity contribution is 7.99. The molecule has 0 saturated carbocycles. The van der Waals surface area contributed by atoms with Crippen LogP contribution in [0.4, 0.5) is 0 Å². The van der Waals surface area contributed by atoms with Crippen LogP contribution in [-0.2, 0) is 4.79 Å². The Morgan fingerprint density at radius 1 is 1.11 bits per heavy atom. The van der Waals surface area contributed by atoms with E-state index in [1.54, 1.807) is 18.2 Å². The van der Waals surface area contributed by atoms with Crippen LogP contribution in [0.2, 0.25) is 0 Å². The van der Waals surface area contributed by atoms with Gasteiger partial charge in [0.05, 0.1) is 16.7 Å². The molecule has 0 spiro atoms. The summed E-state index contributed by atoms with van der Waals surface area (Å²) in [5, 5.41) is 7.49. The molecule has 28 heavy (non-hydrogen) atoms. The van der Waals surface area contributed by atoms with Crippen molar-refractivity contribution in [1.29, 1.82) is 0 Å². The fraction of sp³-hybridized carbons (Fsp3) is 0.421. The third-order valence-electron chi connectivity index (χ3n) is 4.89. The molecule has 1 saturated heterocycles. The molecule has 2 aromatic heterocycles. The number of hydrogen-bond acceptors (Lipinski definition) is 6. The van der Waals surface area contributed by atoms with E-state index in [0.717, 1.165) is 25.9 Å². The van der Waals surface area contributed by atoms with E-state index in [2.05, 4.69) is 20.2 Å². The number of likely N-dealkylation sites (tertiary alicyclic amines) is 1. The summed E-state index contributed by atoms with van der Waals surface area (Å²) in [6, 6.07) is 7.17. The molecule has 8 nitrogen and oxygen atoms in total. The molecule has 0 aliphatic carbocycles. The summed E-state index contributed by atoms with van der Waals surface area (Å²) in [5.41, 5.74) is 0.369. The number of amides is 1. The zero-order chi connectivity index (χ0) is 19.3. The molecule has 1 aromatic carbocycles. The molecular formula is C19H22N6O2S. The number of aromatic amines is 1. The summed E-state index contributed by atoms with van der Waals surface area (Å²) in [4.78, 5) is 36.4. The lowest BCUT2D eigenvalue weighted by Crippen LogP contribution is -2.35. The first-order chi connectivity index (χ1) is 13.7. The second-order valence-corrected chi connectivity index (χ2v) is 7.74. The number of carbonyl (C=O) groups is 1. The monoisotopic (exact) mass is 398 g/mol. The quantitative estimate of drug-likeness (QED) is 0.535. The molecule has 4 rings (SSSR count). The predicted octanol–water partition coefficient (Wildman–Crippen LogP) is 2.39. The molecule has 146 valence electrons. The second kappa shape index (κ2) is 8.55. The molecule has 1 aliphatic rings. The number of thioether (sulfide) groups is 1. The fourth-order valence-corrected chi connectivity index (χ4v) is 4.31. The summed E-state index contributed by atoms with van der Waals surface area (Å²) >= 11 is 1.26. The summed E-state index contributed by atoms with van der Waals surface area (Å²) in [6.07, 6.45) is 7.04. The van der Waals surface area contributed by atoms with Gasteiger partial charge in [-0.3, -0.25) is 9.59 Å². The largest absolute Gasteiger partial charge is 0.342 e. The first kappa shape index (κ1) is 18.7. The highest BCUT2D eigenvalue weighted by Gasteiger charge is 2.19. The highest BCUT2D eigenvalue weighted by atomic mass is 32.2. The number of nitrogens with one attached hydrogen (secondary N) is 1. The summed E-state index contributed by atoms with van der Waals surface area (Å²) < 4.78 is 1.39. The third-order valence-corrected chi connectivity index (χ3v) is 5.82. The van der Waals surface area contributed by atoms with Gasteiger partial charge in [-0.05, 0) is 25.0 Å². The number of hydrogen-bond donors (Lipinski definition) is 1. The van der Waals surface area contributed by atoms with E-state index in [-0.39, 0.29) is 17.2 Å². The Bertz CT molecular complexity index is 1010. The van der Waals surface area contributed by atoms with Gasteiger partial charge in [-0.2, -0.15) is 10.1 Å². The molecule has 1 amide bonds. The number of H-pyrrole nitrogens is 1. The molecule has 0 radical (unpaired) electrons. The van der Waals surface area contributed by atoms with Gasteiger partial charge in [-0.25, -0.2) is 14.6 Å². The maximum absolute atomic E-state index is 13.0. The van der Waals surface area contributed by atoms with Crippen LogP contribution in [0.1, 0.15) is 32.1 Å². The molecule has 1 N–H and O–H groups in total. The maximum Gasteiger partial charge on any atom is 0.269 e. The van der Waals surface area contributed by atoms with Gasteiger partial charge < -0.3 is 4.90 Å². The van der Waals surface area contributed by atoms with E-state index >= 15 is 0 Å². The summed E-state index contributed by atoms with van der Waals surface area (Å²) in [6.45, 7) is 1.61. The van der Waals surface area contributed by atoms with E-state index in [0.29, 0.717) is 22.0 Å². The van der Waals surface area contributed by atoms with Crippen molar-refractivity contribution in [2.75, 3.05) is 18.8 Å². The predicted molar refractivity (Wildman–Crippen MR) is 108 cm³/mol. The minimum Gasteiger partial charge on any atom is -0.342 e. The average molecular weight is 398 g/mol. The van der Waals surface area contributed by atoms with Gasteiger partial charge in [-0.1, -0.05) is 43.2 Å². The molecule has 1 fully saturated rings. The zero-order valence-electron chi connectivity index (χ0n) is 15.5.